The summed E-state index contributed by atoms with van der Waals surface area (Å²) in [6.07, 6.45) is 8.51. The molecule has 2 aromatic rings. The molecule has 5 atom stereocenters. The normalized spacial score (nSPS) is 28.0. The number of benzene rings is 1. The summed E-state index contributed by atoms with van der Waals surface area (Å²) in [6.45, 7) is 0.621. The smallest absolute Gasteiger partial charge is 0.122 e. The minimum Gasteiger partial charge on any atom is -0.497 e. The molecule has 4 rings (SSSR count). The molecule has 31 heavy (non-hydrogen) atoms. The van der Waals surface area contributed by atoms with Gasteiger partial charge < -0.3 is 24.4 Å². The van der Waals surface area contributed by atoms with Gasteiger partial charge in [0, 0.05) is 17.7 Å². The number of fused-ring (bicyclic) bond motifs is 1. The largest absolute Gasteiger partial charge is 0.497 e. The third-order valence-corrected chi connectivity index (χ3v) is 7.19. The first-order chi connectivity index (χ1) is 15.2. The molecule has 6 nitrogen and oxygen atoms in total. The van der Waals surface area contributed by atoms with Gasteiger partial charge in [-0.2, -0.15) is 0 Å². The number of ether oxygens (including phenoxy) is 3. The number of allylic oxidation sites excluding steroid dienone is 1. The lowest BCUT2D eigenvalue weighted by Crippen LogP contribution is -2.29. The lowest BCUT2D eigenvalue weighted by molar-refractivity contribution is -0.0767. The second-order valence-corrected chi connectivity index (χ2v) is 9.10. The summed E-state index contributed by atoms with van der Waals surface area (Å²) in [5.41, 5.74) is 0.703. The van der Waals surface area contributed by atoms with Crippen LogP contribution in [0, 0.1) is 11.8 Å². The van der Waals surface area contributed by atoms with Crippen molar-refractivity contribution < 1.29 is 24.4 Å². The summed E-state index contributed by atoms with van der Waals surface area (Å²) in [5, 5.41) is 22.7. The SMILES string of the molecule is COc1ccc(OCCC/C=C/C2[C@H](O)C[C@@H]3O[C@@H](c4nc(CO)cs4)CC[C@H]23)cc1. The molecule has 1 aromatic carbocycles. The number of aliphatic hydroxyl groups excluding tert-OH is 2. The van der Waals surface area contributed by atoms with Crippen LogP contribution in [0.4, 0.5) is 0 Å². The number of methoxy groups -OCH3 is 1. The maximum absolute atomic E-state index is 10.6. The zero-order chi connectivity index (χ0) is 21.6. The Labute approximate surface area is 187 Å². The lowest BCUT2D eigenvalue weighted by atomic mass is 9.86. The molecule has 168 valence electrons. The van der Waals surface area contributed by atoms with Crippen molar-refractivity contribution in [3.63, 3.8) is 0 Å². The minimum absolute atomic E-state index is 0.0171. The number of unbranched alkanes of at least 4 members (excludes halogenated alkanes) is 1. The predicted octanol–water partition coefficient (Wildman–Crippen LogP) is 4.28. The van der Waals surface area contributed by atoms with Crippen molar-refractivity contribution in [2.75, 3.05) is 13.7 Å². The van der Waals surface area contributed by atoms with E-state index in [9.17, 15) is 10.2 Å². The summed E-state index contributed by atoms with van der Waals surface area (Å²) in [6, 6.07) is 7.61. The standard InChI is InChI=1S/C24H31NO5S/c1-28-17-6-8-18(9-7-17)29-12-4-2-3-5-19-20-10-11-22(30-23(20)13-21(19)27)24-25-16(14-26)15-31-24/h3,5-9,15,19-23,26-27H,2,4,10-14H2,1H3/b5-3+/t19?,20-,21-,22-,23+/m1/s1. The zero-order valence-corrected chi connectivity index (χ0v) is 18.7. The van der Waals surface area contributed by atoms with Crippen molar-refractivity contribution in [3.8, 4) is 11.5 Å². The highest BCUT2D eigenvalue weighted by Gasteiger charge is 2.45. The van der Waals surface area contributed by atoms with Crippen LogP contribution in [0.25, 0.3) is 0 Å². The Bertz CT molecular complexity index is 852. The van der Waals surface area contributed by atoms with E-state index >= 15 is 0 Å². The fraction of sp³-hybridized carbons (Fsp3) is 0.542. The summed E-state index contributed by atoms with van der Waals surface area (Å²) in [7, 11) is 1.65. The third kappa shape index (κ3) is 5.47. The molecule has 2 fully saturated rings. The first-order valence-electron chi connectivity index (χ1n) is 11.0. The van der Waals surface area contributed by atoms with Crippen molar-refractivity contribution in [3.05, 3.63) is 52.5 Å². The minimum atomic E-state index is -0.357. The van der Waals surface area contributed by atoms with E-state index in [1.807, 2.05) is 29.6 Å². The van der Waals surface area contributed by atoms with Gasteiger partial charge in [-0.25, -0.2) is 4.98 Å². The molecular weight excluding hydrogens is 414 g/mol. The highest BCUT2D eigenvalue weighted by Crippen LogP contribution is 2.46. The van der Waals surface area contributed by atoms with Gasteiger partial charge in [-0.1, -0.05) is 12.2 Å². The first-order valence-corrected chi connectivity index (χ1v) is 11.9. The molecule has 0 radical (unpaired) electrons. The number of aromatic nitrogens is 1. The molecule has 0 amide bonds. The Hall–Kier alpha value is -1.93. The predicted molar refractivity (Wildman–Crippen MR) is 119 cm³/mol. The molecule has 0 spiro atoms. The van der Waals surface area contributed by atoms with Crippen molar-refractivity contribution in [2.24, 2.45) is 11.8 Å². The van der Waals surface area contributed by atoms with E-state index in [2.05, 4.69) is 17.1 Å². The molecule has 0 bridgehead atoms. The number of aliphatic hydroxyl groups is 2. The fourth-order valence-electron chi connectivity index (χ4n) is 4.57. The quantitative estimate of drug-likeness (QED) is 0.443. The van der Waals surface area contributed by atoms with Crippen molar-refractivity contribution >= 4 is 11.3 Å². The number of hydrogen-bond donors (Lipinski definition) is 2. The molecule has 1 aliphatic heterocycles. The van der Waals surface area contributed by atoms with Crippen LogP contribution in [-0.2, 0) is 11.3 Å². The first kappa shape index (κ1) is 22.3. The third-order valence-electron chi connectivity index (χ3n) is 6.20. The summed E-state index contributed by atoms with van der Waals surface area (Å²) >= 11 is 1.55. The van der Waals surface area contributed by atoms with Crippen molar-refractivity contribution in [2.45, 2.75) is 57.0 Å². The van der Waals surface area contributed by atoms with Gasteiger partial charge in [0.05, 0.1) is 38.2 Å². The van der Waals surface area contributed by atoms with Crippen LogP contribution in [0.1, 0.15) is 48.9 Å². The van der Waals surface area contributed by atoms with Crippen LogP contribution in [-0.4, -0.2) is 41.1 Å². The van der Waals surface area contributed by atoms with Crippen LogP contribution in [0.3, 0.4) is 0 Å². The highest BCUT2D eigenvalue weighted by molar-refractivity contribution is 7.09. The number of thiazole rings is 1. The summed E-state index contributed by atoms with van der Waals surface area (Å²) < 4.78 is 17.2. The molecule has 1 aliphatic carbocycles. The van der Waals surface area contributed by atoms with Crippen molar-refractivity contribution in [1.29, 1.82) is 0 Å². The lowest BCUT2D eigenvalue weighted by Gasteiger charge is -2.33. The van der Waals surface area contributed by atoms with E-state index in [1.54, 1.807) is 18.4 Å². The summed E-state index contributed by atoms with van der Waals surface area (Å²) in [5.74, 6) is 2.18. The van der Waals surface area contributed by atoms with Gasteiger partial charge in [-0.05, 0) is 55.9 Å². The van der Waals surface area contributed by atoms with E-state index in [0.29, 0.717) is 24.6 Å². The van der Waals surface area contributed by atoms with Gasteiger partial charge in [0.1, 0.15) is 22.6 Å². The highest BCUT2D eigenvalue weighted by atomic mass is 32.1. The van der Waals surface area contributed by atoms with E-state index < -0.39 is 0 Å². The average Bonchev–Trinajstić information content (AvgIpc) is 3.40. The topological polar surface area (TPSA) is 81.0 Å². The maximum Gasteiger partial charge on any atom is 0.122 e. The molecule has 1 saturated carbocycles. The Morgan fingerprint density at radius 1 is 1.23 bits per heavy atom. The maximum atomic E-state index is 10.6. The molecule has 2 aliphatic rings. The van der Waals surface area contributed by atoms with Crippen LogP contribution in [0.2, 0.25) is 0 Å². The monoisotopic (exact) mass is 445 g/mol. The zero-order valence-electron chi connectivity index (χ0n) is 17.9. The van der Waals surface area contributed by atoms with Crippen LogP contribution < -0.4 is 9.47 Å². The van der Waals surface area contributed by atoms with Gasteiger partial charge in [0.15, 0.2) is 0 Å². The number of nitrogens with zero attached hydrogens (tertiary/aromatic N) is 1. The Morgan fingerprint density at radius 3 is 2.77 bits per heavy atom. The van der Waals surface area contributed by atoms with E-state index in [4.69, 9.17) is 14.2 Å². The molecule has 1 aromatic heterocycles. The second-order valence-electron chi connectivity index (χ2n) is 8.21. The van der Waals surface area contributed by atoms with E-state index in [1.165, 1.54) is 0 Å². The molecule has 7 heteroatoms. The Kier molecular flexibility index (Phi) is 7.61. The van der Waals surface area contributed by atoms with Gasteiger partial charge in [-0.3, -0.25) is 0 Å². The molecule has 2 N–H and O–H groups in total. The van der Waals surface area contributed by atoms with Gasteiger partial charge in [0.25, 0.3) is 0 Å². The van der Waals surface area contributed by atoms with Gasteiger partial charge >= 0.3 is 0 Å². The van der Waals surface area contributed by atoms with Crippen LogP contribution >= 0.6 is 11.3 Å². The van der Waals surface area contributed by atoms with Crippen LogP contribution in [0.5, 0.6) is 11.5 Å². The molecular formula is C24H31NO5S. The number of hydrogen-bond acceptors (Lipinski definition) is 7. The van der Waals surface area contributed by atoms with Gasteiger partial charge in [0.2, 0.25) is 0 Å². The van der Waals surface area contributed by atoms with Crippen molar-refractivity contribution in [1.82, 2.24) is 4.98 Å². The summed E-state index contributed by atoms with van der Waals surface area (Å²) in [4.78, 5) is 4.46. The van der Waals surface area contributed by atoms with E-state index in [0.717, 1.165) is 42.2 Å². The molecule has 2 heterocycles. The Balaban J connectivity index is 1.21. The molecule has 1 unspecified atom stereocenters. The van der Waals surface area contributed by atoms with Crippen LogP contribution in [0.15, 0.2) is 41.8 Å². The number of rotatable bonds is 9. The van der Waals surface area contributed by atoms with E-state index in [-0.39, 0.29) is 30.8 Å². The Morgan fingerprint density at radius 2 is 2.03 bits per heavy atom. The van der Waals surface area contributed by atoms with Gasteiger partial charge in [-0.15, -0.1) is 11.3 Å². The second kappa shape index (κ2) is 10.6. The average molecular weight is 446 g/mol. The fourth-order valence-corrected chi connectivity index (χ4v) is 5.45. The molecule has 1 saturated heterocycles.